The number of carbonyl (C=O) groups excluding carboxylic acids is 1. The Kier molecular flexibility index (Phi) is 6.45. The molecule has 0 radical (unpaired) electrons. The number of nitrogens with zero attached hydrogens (tertiary/aromatic N) is 1. The molecule has 0 unspecified atom stereocenters. The number of carbonyl (C=O) groups is 1. The molecule has 0 aliphatic heterocycles. The molecule has 17 heavy (non-hydrogen) atoms. The SMILES string of the molecule is CCc1ccc(CC(=O)CCN(CC)CC)s1. The highest BCUT2D eigenvalue weighted by Crippen LogP contribution is 2.18. The van der Waals surface area contributed by atoms with Gasteiger partial charge in [0.2, 0.25) is 0 Å². The van der Waals surface area contributed by atoms with E-state index >= 15 is 0 Å². The zero-order chi connectivity index (χ0) is 12.7. The maximum absolute atomic E-state index is 11.8. The van der Waals surface area contributed by atoms with E-state index in [-0.39, 0.29) is 0 Å². The molecule has 0 bridgehead atoms. The zero-order valence-electron chi connectivity index (χ0n) is 11.2. The standard InChI is InChI=1S/C14H23NOS/c1-4-13-7-8-14(17-13)11-12(16)9-10-15(5-2)6-3/h7-8H,4-6,9-11H2,1-3H3. The highest BCUT2D eigenvalue weighted by Gasteiger charge is 2.08. The van der Waals surface area contributed by atoms with E-state index in [9.17, 15) is 4.79 Å². The molecular weight excluding hydrogens is 230 g/mol. The van der Waals surface area contributed by atoms with E-state index in [1.54, 1.807) is 11.3 Å². The van der Waals surface area contributed by atoms with E-state index in [4.69, 9.17) is 0 Å². The molecule has 0 saturated carbocycles. The van der Waals surface area contributed by atoms with Gasteiger partial charge in [0.25, 0.3) is 0 Å². The lowest BCUT2D eigenvalue weighted by atomic mass is 10.2. The smallest absolute Gasteiger partial charge is 0.139 e. The summed E-state index contributed by atoms with van der Waals surface area (Å²) in [6.07, 6.45) is 2.37. The van der Waals surface area contributed by atoms with Gasteiger partial charge in [-0.1, -0.05) is 20.8 Å². The monoisotopic (exact) mass is 253 g/mol. The van der Waals surface area contributed by atoms with Gasteiger partial charge in [0.1, 0.15) is 5.78 Å². The van der Waals surface area contributed by atoms with Crippen molar-refractivity contribution in [1.29, 1.82) is 0 Å². The van der Waals surface area contributed by atoms with Crippen molar-refractivity contribution in [3.8, 4) is 0 Å². The summed E-state index contributed by atoms with van der Waals surface area (Å²) in [6, 6.07) is 4.23. The summed E-state index contributed by atoms with van der Waals surface area (Å²) in [6.45, 7) is 9.39. The van der Waals surface area contributed by atoms with Crippen LogP contribution >= 0.6 is 11.3 Å². The summed E-state index contributed by atoms with van der Waals surface area (Å²) in [5, 5.41) is 0. The van der Waals surface area contributed by atoms with Gasteiger partial charge < -0.3 is 4.90 Å². The number of aryl methyl sites for hydroxylation is 1. The normalized spacial score (nSPS) is 11.1. The molecule has 0 aliphatic rings. The van der Waals surface area contributed by atoms with Crippen molar-refractivity contribution in [3.05, 3.63) is 21.9 Å². The molecule has 0 amide bonds. The first-order valence-corrected chi connectivity index (χ1v) is 7.32. The maximum Gasteiger partial charge on any atom is 0.139 e. The Bertz CT molecular complexity index is 342. The van der Waals surface area contributed by atoms with Crippen LogP contribution in [0.25, 0.3) is 0 Å². The van der Waals surface area contributed by atoms with E-state index in [1.807, 2.05) is 0 Å². The number of ketones is 1. The predicted molar refractivity (Wildman–Crippen MR) is 74.8 cm³/mol. The Morgan fingerprint density at radius 1 is 1.18 bits per heavy atom. The van der Waals surface area contributed by atoms with Crippen LogP contribution in [0.5, 0.6) is 0 Å². The van der Waals surface area contributed by atoms with Gasteiger partial charge in [-0.15, -0.1) is 11.3 Å². The maximum atomic E-state index is 11.8. The molecule has 1 heterocycles. The quantitative estimate of drug-likeness (QED) is 0.709. The lowest BCUT2D eigenvalue weighted by Gasteiger charge is -2.16. The number of Topliss-reactive ketones (excluding diaryl/α,β-unsaturated/α-hetero) is 1. The van der Waals surface area contributed by atoms with Crippen LogP contribution in [-0.2, 0) is 17.6 Å². The minimum absolute atomic E-state index is 0.362. The summed E-state index contributed by atoms with van der Waals surface area (Å²) in [5.74, 6) is 0.362. The molecule has 3 heteroatoms. The molecule has 0 fully saturated rings. The third-order valence-electron chi connectivity index (χ3n) is 3.04. The summed E-state index contributed by atoms with van der Waals surface area (Å²) in [7, 11) is 0. The second-order valence-electron chi connectivity index (χ2n) is 4.21. The Morgan fingerprint density at radius 3 is 2.35 bits per heavy atom. The first kappa shape index (κ1) is 14.4. The second kappa shape index (κ2) is 7.62. The molecule has 0 N–H and O–H groups in total. The van der Waals surface area contributed by atoms with Crippen LogP contribution in [0.4, 0.5) is 0 Å². The van der Waals surface area contributed by atoms with Crippen molar-refractivity contribution in [2.45, 2.75) is 40.0 Å². The summed E-state index contributed by atoms with van der Waals surface area (Å²) in [5.41, 5.74) is 0. The van der Waals surface area contributed by atoms with Crippen molar-refractivity contribution in [1.82, 2.24) is 4.90 Å². The summed E-state index contributed by atoms with van der Waals surface area (Å²) < 4.78 is 0. The third-order valence-corrected chi connectivity index (χ3v) is 4.27. The molecule has 1 aromatic rings. The molecule has 0 saturated heterocycles. The highest BCUT2D eigenvalue weighted by atomic mass is 32.1. The Labute approximate surface area is 109 Å². The van der Waals surface area contributed by atoms with Gasteiger partial charge in [-0.05, 0) is 31.6 Å². The highest BCUT2D eigenvalue weighted by molar-refractivity contribution is 7.12. The van der Waals surface area contributed by atoms with E-state index in [0.29, 0.717) is 18.6 Å². The van der Waals surface area contributed by atoms with Gasteiger partial charge in [-0.25, -0.2) is 0 Å². The fourth-order valence-electron chi connectivity index (χ4n) is 1.81. The zero-order valence-corrected chi connectivity index (χ0v) is 12.0. The van der Waals surface area contributed by atoms with Crippen molar-refractivity contribution in [3.63, 3.8) is 0 Å². The van der Waals surface area contributed by atoms with Crippen LogP contribution in [-0.4, -0.2) is 30.3 Å². The number of thiophene rings is 1. The number of hydrogen-bond acceptors (Lipinski definition) is 3. The molecular formula is C14H23NOS. The van der Waals surface area contributed by atoms with Crippen LogP contribution < -0.4 is 0 Å². The first-order chi connectivity index (χ1) is 8.19. The van der Waals surface area contributed by atoms with E-state index in [2.05, 4.69) is 37.8 Å². The molecule has 96 valence electrons. The first-order valence-electron chi connectivity index (χ1n) is 6.51. The lowest BCUT2D eigenvalue weighted by molar-refractivity contribution is -0.118. The molecule has 0 aromatic carbocycles. The average molecular weight is 253 g/mol. The molecule has 1 aromatic heterocycles. The number of rotatable bonds is 8. The summed E-state index contributed by atoms with van der Waals surface area (Å²) in [4.78, 5) is 16.7. The van der Waals surface area contributed by atoms with Crippen LogP contribution in [0.1, 0.15) is 36.9 Å². The third kappa shape index (κ3) is 5.00. The average Bonchev–Trinajstić information content (AvgIpc) is 2.78. The Hall–Kier alpha value is -0.670. The van der Waals surface area contributed by atoms with Gasteiger partial charge >= 0.3 is 0 Å². The fourth-order valence-corrected chi connectivity index (χ4v) is 2.80. The molecule has 0 aliphatic carbocycles. The molecule has 1 rings (SSSR count). The lowest BCUT2D eigenvalue weighted by Crippen LogP contribution is -2.26. The van der Waals surface area contributed by atoms with E-state index in [0.717, 1.165) is 26.1 Å². The van der Waals surface area contributed by atoms with Crippen molar-refractivity contribution < 1.29 is 4.79 Å². The van der Waals surface area contributed by atoms with E-state index < -0.39 is 0 Å². The van der Waals surface area contributed by atoms with Crippen LogP contribution in [0, 0.1) is 0 Å². The molecule has 2 nitrogen and oxygen atoms in total. The van der Waals surface area contributed by atoms with Crippen LogP contribution in [0.3, 0.4) is 0 Å². The topological polar surface area (TPSA) is 20.3 Å². The van der Waals surface area contributed by atoms with Crippen molar-refractivity contribution in [2.75, 3.05) is 19.6 Å². The largest absolute Gasteiger partial charge is 0.303 e. The second-order valence-corrected chi connectivity index (χ2v) is 5.47. The van der Waals surface area contributed by atoms with Gasteiger partial charge in [-0.2, -0.15) is 0 Å². The Balaban J connectivity index is 2.34. The fraction of sp³-hybridized carbons (Fsp3) is 0.643. The van der Waals surface area contributed by atoms with Crippen LogP contribution in [0.15, 0.2) is 12.1 Å². The van der Waals surface area contributed by atoms with Gasteiger partial charge in [0.15, 0.2) is 0 Å². The molecule has 0 spiro atoms. The van der Waals surface area contributed by atoms with Crippen LogP contribution in [0.2, 0.25) is 0 Å². The van der Waals surface area contributed by atoms with Crippen molar-refractivity contribution in [2.24, 2.45) is 0 Å². The van der Waals surface area contributed by atoms with Crippen molar-refractivity contribution >= 4 is 17.1 Å². The Morgan fingerprint density at radius 2 is 1.82 bits per heavy atom. The summed E-state index contributed by atoms with van der Waals surface area (Å²) >= 11 is 1.77. The van der Waals surface area contributed by atoms with Gasteiger partial charge in [0, 0.05) is 29.1 Å². The number of hydrogen-bond donors (Lipinski definition) is 0. The minimum atomic E-state index is 0.362. The van der Waals surface area contributed by atoms with Gasteiger partial charge in [0.05, 0.1) is 0 Å². The predicted octanol–water partition coefficient (Wildman–Crippen LogP) is 3.15. The van der Waals surface area contributed by atoms with E-state index in [1.165, 1.54) is 9.75 Å². The van der Waals surface area contributed by atoms with Gasteiger partial charge in [-0.3, -0.25) is 4.79 Å². The molecule has 0 atom stereocenters. The minimum Gasteiger partial charge on any atom is -0.303 e.